The molecule has 2 aromatic heterocycles. The van der Waals surface area contributed by atoms with Crippen LogP contribution in [0.15, 0.2) is 29.1 Å². The predicted molar refractivity (Wildman–Crippen MR) is 145 cm³/mol. The van der Waals surface area contributed by atoms with Gasteiger partial charge in [0, 0.05) is 36.5 Å². The van der Waals surface area contributed by atoms with E-state index in [-0.39, 0.29) is 37.2 Å². The molecule has 3 heterocycles. The third-order valence-corrected chi connectivity index (χ3v) is 7.16. The van der Waals surface area contributed by atoms with E-state index in [1.807, 2.05) is 19.1 Å². The average Bonchev–Trinajstić information content (AvgIpc) is 3.30. The van der Waals surface area contributed by atoms with Crippen LogP contribution in [0.4, 0.5) is 4.79 Å². The van der Waals surface area contributed by atoms with Gasteiger partial charge in [-0.25, -0.2) is 9.78 Å². The maximum absolute atomic E-state index is 13.9. The summed E-state index contributed by atoms with van der Waals surface area (Å²) in [6, 6.07) is 7.11. The van der Waals surface area contributed by atoms with Gasteiger partial charge in [-0.2, -0.15) is 0 Å². The number of benzene rings is 1. The molecule has 3 aromatic rings. The molecule has 0 radical (unpaired) electrons. The van der Waals surface area contributed by atoms with Crippen molar-refractivity contribution < 1.29 is 34.1 Å². The lowest BCUT2D eigenvalue weighted by molar-refractivity contribution is -0.142. The van der Waals surface area contributed by atoms with Gasteiger partial charge in [-0.3, -0.25) is 14.4 Å². The van der Waals surface area contributed by atoms with Crippen LogP contribution in [0.1, 0.15) is 49.4 Å². The van der Waals surface area contributed by atoms with Crippen LogP contribution < -0.4 is 20.9 Å². The van der Waals surface area contributed by atoms with Gasteiger partial charge in [0.25, 0.3) is 11.5 Å². The van der Waals surface area contributed by atoms with Gasteiger partial charge in [0.15, 0.2) is 5.60 Å². The van der Waals surface area contributed by atoms with Crippen molar-refractivity contribution in [3.8, 4) is 17.1 Å². The monoisotopic (exact) mass is 552 g/mol. The first-order valence-corrected chi connectivity index (χ1v) is 12.9. The molecule has 1 aromatic carbocycles. The summed E-state index contributed by atoms with van der Waals surface area (Å²) in [5, 5.41) is 26.0. The molecular weight excluding hydrogens is 520 g/mol. The van der Waals surface area contributed by atoms with Crippen LogP contribution in [-0.2, 0) is 39.5 Å². The Morgan fingerprint density at radius 1 is 1.12 bits per heavy atom. The third-order valence-electron chi connectivity index (χ3n) is 7.16. The highest BCUT2D eigenvalue weighted by Crippen LogP contribution is 2.39. The third kappa shape index (κ3) is 5.09. The van der Waals surface area contributed by atoms with Crippen molar-refractivity contribution in [1.82, 2.24) is 20.2 Å². The van der Waals surface area contributed by atoms with Crippen LogP contribution in [0.3, 0.4) is 0 Å². The fourth-order valence-corrected chi connectivity index (χ4v) is 5.11. The molecule has 2 amide bonds. The van der Waals surface area contributed by atoms with Crippen LogP contribution in [0, 0.1) is 0 Å². The number of carbonyl (C=O) groups is 3. The predicted octanol–water partition coefficient (Wildman–Crippen LogP) is 2.04. The molecule has 212 valence electrons. The second kappa shape index (κ2) is 11.3. The van der Waals surface area contributed by atoms with Crippen molar-refractivity contribution in [2.75, 3.05) is 20.2 Å². The van der Waals surface area contributed by atoms with Crippen LogP contribution in [0.25, 0.3) is 22.3 Å². The molecule has 12 heteroatoms. The summed E-state index contributed by atoms with van der Waals surface area (Å²) in [7, 11) is 1.59. The van der Waals surface area contributed by atoms with Crippen molar-refractivity contribution in [2.24, 2.45) is 0 Å². The van der Waals surface area contributed by atoms with E-state index in [4.69, 9.17) is 19.6 Å². The van der Waals surface area contributed by atoms with Crippen LogP contribution in [0.2, 0.25) is 0 Å². The SMILES string of the molecule is CCc1c2c(nc3ccc(OC)cc13)-c1cc([C@@](O)(CC)C(=O)NCCNC(=O)O)c(COC(C)=O)c(=O)n1C2. The highest BCUT2D eigenvalue weighted by Gasteiger charge is 2.41. The number of aryl methyl sites for hydroxylation is 1. The van der Waals surface area contributed by atoms with E-state index in [2.05, 4.69) is 10.6 Å². The number of rotatable bonds is 10. The Balaban J connectivity index is 1.89. The number of amides is 2. The fourth-order valence-electron chi connectivity index (χ4n) is 5.11. The maximum Gasteiger partial charge on any atom is 0.404 e. The van der Waals surface area contributed by atoms with Gasteiger partial charge in [-0.1, -0.05) is 13.8 Å². The molecule has 12 nitrogen and oxygen atoms in total. The van der Waals surface area contributed by atoms with Crippen LogP contribution in [-0.4, -0.2) is 57.9 Å². The molecule has 1 aliphatic rings. The second-order valence-electron chi connectivity index (χ2n) is 9.45. The Morgan fingerprint density at radius 3 is 2.48 bits per heavy atom. The molecule has 0 spiro atoms. The summed E-state index contributed by atoms with van der Waals surface area (Å²) < 4.78 is 12.1. The van der Waals surface area contributed by atoms with Gasteiger partial charge >= 0.3 is 12.1 Å². The summed E-state index contributed by atoms with van der Waals surface area (Å²) in [5.74, 6) is -0.764. The van der Waals surface area contributed by atoms with Gasteiger partial charge in [-0.05, 0) is 42.7 Å². The zero-order chi connectivity index (χ0) is 29.2. The summed E-state index contributed by atoms with van der Waals surface area (Å²) in [4.78, 5) is 54.4. The molecule has 0 saturated heterocycles. The molecule has 40 heavy (non-hydrogen) atoms. The largest absolute Gasteiger partial charge is 0.497 e. The molecule has 4 rings (SSSR count). The summed E-state index contributed by atoms with van der Waals surface area (Å²) in [6.45, 7) is 4.40. The number of carboxylic acid groups (broad SMARTS) is 1. The molecule has 0 saturated carbocycles. The van der Waals surface area contributed by atoms with E-state index >= 15 is 0 Å². The quantitative estimate of drug-likeness (QED) is 0.170. The Labute approximate surface area is 229 Å². The van der Waals surface area contributed by atoms with Gasteiger partial charge in [0.05, 0.1) is 36.1 Å². The van der Waals surface area contributed by atoms with Crippen molar-refractivity contribution in [2.45, 2.75) is 52.4 Å². The Kier molecular flexibility index (Phi) is 8.10. The maximum atomic E-state index is 13.9. The molecule has 1 atom stereocenters. The minimum atomic E-state index is -2.17. The van der Waals surface area contributed by atoms with Crippen LogP contribution >= 0.6 is 0 Å². The average molecular weight is 553 g/mol. The first-order chi connectivity index (χ1) is 19.0. The van der Waals surface area contributed by atoms with E-state index in [0.29, 0.717) is 29.1 Å². The number of fused-ring (bicyclic) bond motifs is 4. The van der Waals surface area contributed by atoms with Crippen molar-refractivity contribution in [3.63, 3.8) is 0 Å². The zero-order valence-corrected chi connectivity index (χ0v) is 22.8. The smallest absolute Gasteiger partial charge is 0.404 e. The van der Waals surface area contributed by atoms with E-state index in [1.54, 1.807) is 26.2 Å². The zero-order valence-electron chi connectivity index (χ0n) is 22.8. The second-order valence-corrected chi connectivity index (χ2v) is 9.45. The first-order valence-electron chi connectivity index (χ1n) is 12.9. The van der Waals surface area contributed by atoms with E-state index in [1.165, 1.54) is 11.5 Å². The number of ether oxygens (including phenoxy) is 2. The standard InChI is InChI=1S/C28H32N4O8/c1-5-17-18-11-16(39-4)7-8-22(18)31-24-19(17)13-32-23(24)12-21(20(25(32)34)14-40-15(3)33)28(38,6-2)26(35)29-9-10-30-27(36)37/h7-8,11-12,30,38H,5-6,9-10,13-14H2,1-4H3,(H,29,35)(H,36,37)/t28-/m0/s1. The molecule has 0 unspecified atom stereocenters. The van der Waals surface area contributed by atoms with Crippen molar-refractivity contribution >= 4 is 28.9 Å². The van der Waals surface area contributed by atoms with Crippen LogP contribution in [0.5, 0.6) is 5.75 Å². The topological polar surface area (TPSA) is 169 Å². The Hall–Kier alpha value is -4.45. The number of aliphatic hydroxyl groups is 1. The number of methoxy groups -OCH3 is 1. The normalized spacial score (nSPS) is 13.2. The molecular formula is C28H32N4O8. The summed E-state index contributed by atoms with van der Waals surface area (Å²) >= 11 is 0. The number of nitrogens with zero attached hydrogens (tertiary/aromatic N) is 2. The highest BCUT2D eigenvalue weighted by molar-refractivity contribution is 5.90. The van der Waals surface area contributed by atoms with E-state index < -0.39 is 35.7 Å². The first kappa shape index (κ1) is 28.6. The van der Waals surface area contributed by atoms with Crippen molar-refractivity contribution in [3.05, 3.63) is 56.9 Å². The van der Waals surface area contributed by atoms with Gasteiger partial charge in [-0.15, -0.1) is 0 Å². The Morgan fingerprint density at radius 2 is 1.85 bits per heavy atom. The number of hydrogen-bond acceptors (Lipinski definition) is 8. The van der Waals surface area contributed by atoms with Gasteiger partial charge in [0.2, 0.25) is 0 Å². The number of hydrogen-bond donors (Lipinski definition) is 4. The lowest BCUT2D eigenvalue weighted by atomic mass is 9.86. The Bertz CT molecular complexity index is 1560. The minimum Gasteiger partial charge on any atom is -0.497 e. The number of nitrogens with one attached hydrogen (secondary N) is 2. The number of aromatic nitrogens is 2. The summed E-state index contributed by atoms with van der Waals surface area (Å²) in [6.07, 6.45) is -0.700. The molecule has 4 N–H and O–H groups in total. The molecule has 0 fully saturated rings. The number of esters is 1. The number of carbonyl (C=O) groups excluding carboxylic acids is 2. The molecule has 0 aliphatic carbocycles. The minimum absolute atomic E-state index is 0.00119. The fraction of sp³-hybridized carbons (Fsp3) is 0.393. The molecule has 1 aliphatic heterocycles. The highest BCUT2D eigenvalue weighted by atomic mass is 16.5. The summed E-state index contributed by atoms with van der Waals surface area (Å²) in [5.41, 5.74) is 0.837. The van der Waals surface area contributed by atoms with Crippen molar-refractivity contribution in [1.29, 1.82) is 0 Å². The van der Waals surface area contributed by atoms with E-state index in [0.717, 1.165) is 16.5 Å². The number of pyridine rings is 2. The van der Waals surface area contributed by atoms with Gasteiger partial charge in [0.1, 0.15) is 12.4 Å². The van der Waals surface area contributed by atoms with E-state index in [9.17, 15) is 24.3 Å². The lowest BCUT2D eigenvalue weighted by Gasteiger charge is -2.29. The van der Waals surface area contributed by atoms with Gasteiger partial charge < -0.3 is 34.9 Å². The lowest BCUT2D eigenvalue weighted by Crippen LogP contribution is -2.47. The molecule has 0 bridgehead atoms.